The van der Waals surface area contributed by atoms with Crippen molar-refractivity contribution in [2.45, 2.75) is 18.9 Å². The van der Waals surface area contributed by atoms with Gasteiger partial charge in [-0.05, 0) is 24.6 Å². The molecule has 2 N–H and O–H groups in total. The van der Waals surface area contributed by atoms with Crippen molar-refractivity contribution < 1.29 is 28.6 Å². The molecule has 2 aromatic carbocycles. The average molecular weight is 514 g/mol. The molecule has 0 fully saturated rings. The Morgan fingerprint density at radius 3 is 2.44 bits per heavy atom. The first kappa shape index (κ1) is 25.4. The molecule has 0 saturated heterocycles. The van der Waals surface area contributed by atoms with E-state index in [-0.39, 0.29) is 33.7 Å². The topological polar surface area (TPSA) is 106 Å². The summed E-state index contributed by atoms with van der Waals surface area (Å²) in [7, 11) is 7.96. The Bertz CT molecular complexity index is 1310. The minimum absolute atomic E-state index is 0.0809. The number of hydrogen-bond acceptors (Lipinski definition) is 8. The number of nitrogens with zero attached hydrogens (tertiary/aromatic N) is 1. The molecule has 1 heterocycles. The van der Waals surface area contributed by atoms with Crippen LogP contribution in [0, 0.1) is 5.92 Å². The van der Waals surface area contributed by atoms with Crippen LogP contribution in [0.25, 0.3) is 0 Å². The Balaban J connectivity index is 1.68. The smallest absolute Gasteiger partial charge is 0.255 e. The quantitative estimate of drug-likeness (QED) is 0.558. The van der Waals surface area contributed by atoms with E-state index in [9.17, 15) is 14.4 Å². The van der Waals surface area contributed by atoms with Crippen molar-refractivity contribution >= 4 is 40.4 Å². The number of halogens is 1. The zero-order valence-electron chi connectivity index (χ0n) is 20.9. The van der Waals surface area contributed by atoms with Crippen molar-refractivity contribution in [1.29, 1.82) is 0 Å². The summed E-state index contributed by atoms with van der Waals surface area (Å²) in [4.78, 5) is 41.2. The number of carbonyl (C=O) groups is 3. The fourth-order valence-electron chi connectivity index (χ4n) is 4.66. The van der Waals surface area contributed by atoms with E-state index in [1.165, 1.54) is 31.3 Å². The number of ketones is 2. The third-order valence-corrected chi connectivity index (χ3v) is 6.90. The van der Waals surface area contributed by atoms with Gasteiger partial charge in [-0.2, -0.15) is 0 Å². The number of hydrogen-bond donors (Lipinski definition) is 2. The number of carbonyl (C=O) groups excluding carboxylic acids is 3. The lowest BCUT2D eigenvalue weighted by molar-refractivity contribution is -0.129. The molecule has 2 aromatic rings. The summed E-state index contributed by atoms with van der Waals surface area (Å²) in [6.45, 7) is 1.78. The Kier molecular flexibility index (Phi) is 6.62. The van der Waals surface area contributed by atoms with Crippen molar-refractivity contribution in [3.8, 4) is 17.2 Å². The number of methoxy groups -OCH3 is 2. The van der Waals surface area contributed by atoms with Gasteiger partial charge in [-0.25, -0.2) is 0 Å². The van der Waals surface area contributed by atoms with E-state index in [2.05, 4.69) is 10.6 Å². The highest BCUT2D eigenvalue weighted by molar-refractivity contribution is 6.36. The Morgan fingerprint density at radius 1 is 1.17 bits per heavy atom. The number of anilines is 2. The predicted octanol–water partition coefficient (Wildman–Crippen LogP) is 4.02. The van der Waals surface area contributed by atoms with Crippen LogP contribution < -0.4 is 24.8 Å². The van der Waals surface area contributed by atoms with E-state index < -0.39 is 23.1 Å². The minimum atomic E-state index is -1.75. The van der Waals surface area contributed by atoms with Crippen molar-refractivity contribution in [1.82, 2.24) is 4.90 Å². The van der Waals surface area contributed by atoms with Crippen LogP contribution >= 0.6 is 11.6 Å². The molecule has 1 amide bonds. The number of allylic oxidation sites excluding steroid dienone is 1. The summed E-state index contributed by atoms with van der Waals surface area (Å²) in [6.07, 6.45) is 1.72. The van der Waals surface area contributed by atoms with Crippen LogP contribution in [0.2, 0.25) is 5.02 Å². The van der Waals surface area contributed by atoms with Crippen molar-refractivity contribution in [3.05, 3.63) is 52.2 Å². The monoisotopic (exact) mass is 513 g/mol. The molecule has 2 atom stereocenters. The number of fused-ring (bicyclic) bond motifs is 1. The Labute approximate surface area is 214 Å². The average Bonchev–Trinajstić information content (AvgIpc) is 3.17. The third-order valence-electron chi connectivity index (χ3n) is 6.54. The molecule has 1 spiro atoms. The van der Waals surface area contributed by atoms with Gasteiger partial charge in [0.15, 0.2) is 5.75 Å². The van der Waals surface area contributed by atoms with Crippen LogP contribution in [0.3, 0.4) is 0 Å². The van der Waals surface area contributed by atoms with Gasteiger partial charge in [0.25, 0.3) is 5.91 Å². The van der Waals surface area contributed by atoms with E-state index in [4.69, 9.17) is 25.8 Å². The first-order valence-corrected chi connectivity index (χ1v) is 11.7. The highest BCUT2D eigenvalue weighted by Crippen LogP contribution is 2.53. The van der Waals surface area contributed by atoms with Gasteiger partial charge in [-0.1, -0.05) is 18.5 Å². The van der Waals surface area contributed by atoms with Crippen molar-refractivity contribution in [3.63, 3.8) is 0 Å². The summed E-state index contributed by atoms with van der Waals surface area (Å²) in [6, 6.07) is 6.82. The van der Waals surface area contributed by atoms with Crippen molar-refractivity contribution in [2.75, 3.05) is 46.0 Å². The Morgan fingerprint density at radius 2 is 1.86 bits per heavy atom. The van der Waals surface area contributed by atoms with E-state index in [1.54, 1.807) is 40.2 Å². The fourth-order valence-corrected chi connectivity index (χ4v) is 4.92. The number of amides is 1. The molecule has 0 saturated carbocycles. The molecule has 0 bridgehead atoms. The maximum absolute atomic E-state index is 13.6. The van der Waals surface area contributed by atoms with Gasteiger partial charge in [-0.15, -0.1) is 0 Å². The summed E-state index contributed by atoms with van der Waals surface area (Å²) >= 11 is 6.44. The standard InChI is InChI=1S/C26H28ClN3O6/c1-13-9-15(29-14-7-8-17(28-2)16(10-14)25(33)30(3)4)11-20(31)26(13)24(32)21-18(34-5)12-19(35-6)22(27)23(21)36-26/h7-8,10-13,28-29H,9H2,1-6H3. The lowest BCUT2D eigenvalue weighted by atomic mass is 9.74. The van der Waals surface area contributed by atoms with Crippen LogP contribution in [0.15, 0.2) is 36.0 Å². The van der Waals surface area contributed by atoms with Crippen LogP contribution in [0.4, 0.5) is 11.4 Å². The molecule has 2 aliphatic rings. The SMILES string of the molecule is CNc1ccc(NC2=CC(=O)C3(Oc4c(Cl)c(OC)cc(OC)c4C3=O)C(C)C2)cc1C(=O)N(C)C. The largest absolute Gasteiger partial charge is 0.496 e. The normalized spacial score (nSPS) is 20.4. The second-order valence-corrected chi connectivity index (χ2v) is 9.32. The molecule has 36 heavy (non-hydrogen) atoms. The molecular weight excluding hydrogens is 486 g/mol. The van der Waals surface area contributed by atoms with Gasteiger partial charge in [-0.3, -0.25) is 14.4 Å². The van der Waals surface area contributed by atoms with Crippen molar-refractivity contribution in [2.24, 2.45) is 5.92 Å². The summed E-state index contributed by atoms with van der Waals surface area (Å²) in [5.41, 5.74) is 0.783. The highest BCUT2D eigenvalue weighted by Gasteiger charge is 2.60. The molecule has 1 aliphatic carbocycles. The molecule has 2 unspecified atom stereocenters. The molecule has 10 heteroatoms. The van der Waals surface area contributed by atoms with Crippen LogP contribution in [-0.4, -0.2) is 63.3 Å². The van der Waals surface area contributed by atoms with E-state index >= 15 is 0 Å². The maximum atomic E-state index is 13.6. The molecule has 4 rings (SSSR count). The number of nitrogens with one attached hydrogen (secondary N) is 2. The lowest BCUT2D eigenvalue weighted by Gasteiger charge is -2.35. The maximum Gasteiger partial charge on any atom is 0.255 e. The fraction of sp³-hybridized carbons (Fsp3) is 0.346. The summed E-state index contributed by atoms with van der Waals surface area (Å²) in [5, 5.41) is 6.35. The van der Waals surface area contributed by atoms with Gasteiger partial charge in [0.1, 0.15) is 22.1 Å². The molecule has 0 aromatic heterocycles. The molecule has 190 valence electrons. The number of rotatable bonds is 6. The summed E-state index contributed by atoms with van der Waals surface area (Å²) in [5.74, 6) is -1.10. The lowest BCUT2D eigenvalue weighted by Crippen LogP contribution is -2.55. The summed E-state index contributed by atoms with van der Waals surface area (Å²) < 4.78 is 16.7. The first-order valence-electron chi connectivity index (χ1n) is 11.3. The zero-order chi connectivity index (χ0) is 26.4. The number of ether oxygens (including phenoxy) is 3. The van der Waals surface area contributed by atoms with Gasteiger partial charge >= 0.3 is 0 Å². The van der Waals surface area contributed by atoms with Gasteiger partial charge in [0, 0.05) is 56.3 Å². The van der Waals surface area contributed by atoms with Gasteiger partial charge in [0.2, 0.25) is 17.2 Å². The Hall–Kier alpha value is -3.72. The zero-order valence-corrected chi connectivity index (χ0v) is 21.7. The second kappa shape index (κ2) is 9.39. The van der Waals surface area contributed by atoms with Crippen LogP contribution in [0.1, 0.15) is 34.1 Å². The van der Waals surface area contributed by atoms with Crippen LogP contribution in [0.5, 0.6) is 17.2 Å². The minimum Gasteiger partial charge on any atom is -0.496 e. The van der Waals surface area contributed by atoms with Crippen LogP contribution in [-0.2, 0) is 4.79 Å². The predicted molar refractivity (Wildman–Crippen MR) is 137 cm³/mol. The third kappa shape index (κ3) is 3.83. The molecule has 0 radical (unpaired) electrons. The van der Waals surface area contributed by atoms with E-state index in [1.807, 2.05) is 6.07 Å². The van der Waals surface area contributed by atoms with E-state index in [0.29, 0.717) is 29.1 Å². The highest BCUT2D eigenvalue weighted by atomic mass is 35.5. The number of Topliss-reactive ketones (excluding diaryl/α,β-unsaturated/α-hetero) is 1. The first-order chi connectivity index (χ1) is 17.1. The second-order valence-electron chi connectivity index (χ2n) is 8.94. The number of benzene rings is 2. The molecule has 1 aliphatic heterocycles. The molecule has 9 nitrogen and oxygen atoms in total. The van der Waals surface area contributed by atoms with Gasteiger partial charge < -0.3 is 29.7 Å². The van der Waals surface area contributed by atoms with Gasteiger partial charge in [0.05, 0.1) is 19.8 Å². The molecular formula is C26H28ClN3O6. The van der Waals surface area contributed by atoms with E-state index in [0.717, 1.165) is 0 Å².